The monoisotopic (exact) mass is 238 g/mol. The fourth-order valence-corrected chi connectivity index (χ4v) is 4.27. The van der Waals surface area contributed by atoms with Crippen LogP contribution in [0.25, 0.3) is 0 Å². The van der Waals surface area contributed by atoms with Crippen LogP contribution >= 0.6 is 0 Å². The first kappa shape index (κ1) is 13.4. The fraction of sp³-hybridized carbons (Fsp3) is 1.00. The van der Waals surface area contributed by atoms with E-state index in [-0.39, 0.29) is 0 Å². The molecule has 2 heteroatoms. The van der Waals surface area contributed by atoms with Crippen LogP contribution in [-0.2, 0) is 0 Å². The first-order valence-corrected chi connectivity index (χ1v) is 7.51. The number of hydrogen-bond acceptors (Lipinski definition) is 2. The molecule has 2 nitrogen and oxygen atoms in total. The van der Waals surface area contributed by atoms with Crippen LogP contribution in [0.2, 0.25) is 0 Å². The normalized spacial score (nSPS) is 41.6. The van der Waals surface area contributed by atoms with Crippen LogP contribution in [0.15, 0.2) is 0 Å². The molecule has 1 aliphatic heterocycles. The summed E-state index contributed by atoms with van der Waals surface area (Å²) in [6.45, 7) is 10.6. The Labute approximate surface area is 107 Å². The summed E-state index contributed by atoms with van der Waals surface area (Å²) in [5, 5.41) is 0. The Morgan fingerprint density at radius 3 is 2.00 bits per heavy atom. The van der Waals surface area contributed by atoms with Gasteiger partial charge in [0.2, 0.25) is 0 Å². The van der Waals surface area contributed by atoms with E-state index in [0.29, 0.717) is 5.54 Å². The van der Waals surface area contributed by atoms with Crippen molar-refractivity contribution in [2.75, 3.05) is 19.6 Å². The van der Waals surface area contributed by atoms with Crippen molar-refractivity contribution < 1.29 is 0 Å². The summed E-state index contributed by atoms with van der Waals surface area (Å²) in [7, 11) is 0. The molecule has 100 valence electrons. The fourth-order valence-electron chi connectivity index (χ4n) is 4.27. The summed E-state index contributed by atoms with van der Waals surface area (Å²) in [5.41, 5.74) is 6.52. The summed E-state index contributed by atoms with van der Waals surface area (Å²) in [6, 6.07) is 0. The molecule has 0 radical (unpaired) electrons. The summed E-state index contributed by atoms with van der Waals surface area (Å²) < 4.78 is 0. The van der Waals surface area contributed by atoms with Crippen LogP contribution in [0.4, 0.5) is 0 Å². The van der Waals surface area contributed by atoms with Crippen LogP contribution in [0.3, 0.4) is 0 Å². The highest BCUT2D eigenvalue weighted by molar-refractivity contribution is 4.98. The van der Waals surface area contributed by atoms with Crippen molar-refractivity contribution in [3.63, 3.8) is 0 Å². The van der Waals surface area contributed by atoms with Crippen molar-refractivity contribution >= 4 is 0 Å². The average Bonchev–Trinajstić information content (AvgIpc) is 2.28. The van der Waals surface area contributed by atoms with Crippen molar-refractivity contribution in [2.24, 2.45) is 23.5 Å². The quantitative estimate of drug-likeness (QED) is 0.801. The minimum absolute atomic E-state index is 0.331. The predicted octanol–water partition coefficient (Wildman–Crippen LogP) is 2.87. The average molecular weight is 238 g/mol. The lowest BCUT2D eigenvalue weighted by Crippen LogP contribution is -2.59. The molecular formula is C15H30N2. The maximum Gasteiger partial charge on any atom is 0.0336 e. The summed E-state index contributed by atoms with van der Waals surface area (Å²) in [5.74, 6) is 2.61. The van der Waals surface area contributed by atoms with Crippen molar-refractivity contribution in [1.29, 1.82) is 0 Å². The Kier molecular flexibility index (Phi) is 4.14. The van der Waals surface area contributed by atoms with Gasteiger partial charge in [0.05, 0.1) is 0 Å². The lowest BCUT2D eigenvalue weighted by atomic mass is 9.70. The molecule has 0 aromatic rings. The smallest absolute Gasteiger partial charge is 0.0336 e. The third-order valence-electron chi connectivity index (χ3n) is 5.10. The largest absolute Gasteiger partial charge is 0.329 e. The van der Waals surface area contributed by atoms with Gasteiger partial charge in [0.1, 0.15) is 0 Å². The lowest BCUT2D eigenvalue weighted by molar-refractivity contribution is -0.00136. The number of rotatable bonds is 2. The first-order valence-electron chi connectivity index (χ1n) is 7.51. The summed E-state index contributed by atoms with van der Waals surface area (Å²) in [4.78, 5) is 2.74. The zero-order chi connectivity index (χ0) is 12.5. The van der Waals surface area contributed by atoms with E-state index >= 15 is 0 Å². The zero-order valence-electron chi connectivity index (χ0n) is 11.9. The number of piperidine rings is 1. The standard InChI is InChI=1S/C15H30N2/c1-12-4-6-17(7-5-12)15(11-16)9-13(2)8-14(3)10-15/h12-14H,4-11,16H2,1-3H3. The second-order valence-electron chi connectivity index (χ2n) is 6.95. The van der Waals surface area contributed by atoms with Crippen LogP contribution in [0, 0.1) is 17.8 Å². The maximum atomic E-state index is 6.19. The van der Waals surface area contributed by atoms with Crippen molar-refractivity contribution in [1.82, 2.24) is 4.90 Å². The van der Waals surface area contributed by atoms with Crippen molar-refractivity contribution in [2.45, 2.75) is 58.4 Å². The maximum absolute atomic E-state index is 6.19. The van der Waals surface area contributed by atoms with E-state index in [1.54, 1.807) is 0 Å². The van der Waals surface area contributed by atoms with E-state index < -0.39 is 0 Å². The molecule has 0 amide bonds. The molecule has 1 aliphatic carbocycles. The van der Waals surface area contributed by atoms with E-state index in [0.717, 1.165) is 24.3 Å². The molecule has 2 N–H and O–H groups in total. The van der Waals surface area contributed by atoms with E-state index in [9.17, 15) is 0 Å². The Hall–Kier alpha value is -0.0800. The molecule has 2 aliphatic rings. The van der Waals surface area contributed by atoms with E-state index in [2.05, 4.69) is 25.7 Å². The van der Waals surface area contributed by atoms with Crippen LogP contribution in [-0.4, -0.2) is 30.1 Å². The minimum Gasteiger partial charge on any atom is -0.329 e. The molecular weight excluding hydrogens is 208 g/mol. The summed E-state index contributed by atoms with van der Waals surface area (Å²) in [6.07, 6.45) is 6.77. The van der Waals surface area contributed by atoms with Gasteiger partial charge in [0.25, 0.3) is 0 Å². The molecule has 17 heavy (non-hydrogen) atoms. The second kappa shape index (κ2) is 5.27. The Balaban J connectivity index is 2.07. The molecule has 1 heterocycles. The lowest BCUT2D eigenvalue weighted by Gasteiger charge is -2.51. The summed E-state index contributed by atoms with van der Waals surface area (Å²) >= 11 is 0. The molecule has 0 aromatic heterocycles. The zero-order valence-corrected chi connectivity index (χ0v) is 11.9. The van der Waals surface area contributed by atoms with E-state index in [4.69, 9.17) is 5.73 Å². The predicted molar refractivity (Wildman–Crippen MR) is 73.9 cm³/mol. The Morgan fingerprint density at radius 1 is 1.00 bits per heavy atom. The van der Waals surface area contributed by atoms with Crippen LogP contribution in [0.5, 0.6) is 0 Å². The van der Waals surface area contributed by atoms with Gasteiger partial charge in [-0.15, -0.1) is 0 Å². The highest BCUT2D eigenvalue weighted by Crippen LogP contribution is 2.40. The molecule has 0 aromatic carbocycles. The first-order chi connectivity index (χ1) is 8.05. The SMILES string of the molecule is CC1CCN(C2(CN)CC(C)CC(C)C2)CC1. The third-order valence-corrected chi connectivity index (χ3v) is 5.10. The molecule has 1 saturated carbocycles. The molecule has 1 saturated heterocycles. The van der Waals surface area contributed by atoms with Crippen LogP contribution in [0.1, 0.15) is 52.9 Å². The van der Waals surface area contributed by atoms with Gasteiger partial charge in [-0.05, 0) is 62.9 Å². The Morgan fingerprint density at radius 2 is 1.53 bits per heavy atom. The van der Waals surface area contributed by atoms with Gasteiger partial charge >= 0.3 is 0 Å². The third kappa shape index (κ3) is 2.85. The van der Waals surface area contributed by atoms with E-state index in [1.807, 2.05) is 0 Å². The molecule has 2 rings (SSSR count). The van der Waals surface area contributed by atoms with Gasteiger partial charge in [-0.1, -0.05) is 20.8 Å². The number of nitrogens with two attached hydrogens (primary N) is 1. The highest BCUT2D eigenvalue weighted by Gasteiger charge is 2.42. The molecule has 2 unspecified atom stereocenters. The number of likely N-dealkylation sites (tertiary alicyclic amines) is 1. The van der Waals surface area contributed by atoms with Gasteiger partial charge in [-0.3, -0.25) is 4.90 Å². The second-order valence-corrected chi connectivity index (χ2v) is 6.95. The molecule has 0 bridgehead atoms. The molecule has 0 spiro atoms. The number of hydrogen-bond donors (Lipinski definition) is 1. The minimum atomic E-state index is 0.331. The van der Waals surface area contributed by atoms with Crippen molar-refractivity contribution in [3.05, 3.63) is 0 Å². The van der Waals surface area contributed by atoms with Gasteiger partial charge in [0, 0.05) is 12.1 Å². The molecule has 2 fully saturated rings. The van der Waals surface area contributed by atoms with Gasteiger partial charge in [0.15, 0.2) is 0 Å². The topological polar surface area (TPSA) is 29.3 Å². The number of nitrogens with zero attached hydrogens (tertiary/aromatic N) is 1. The van der Waals surface area contributed by atoms with Gasteiger partial charge < -0.3 is 5.73 Å². The van der Waals surface area contributed by atoms with Crippen molar-refractivity contribution in [3.8, 4) is 0 Å². The van der Waals surface area contributed by atoms with Crippen LogP contribution < -0.4 is 5.73 Å². The highest BCUT2D eigenvalue weighted by atomic mass is 15.2. The van der Waals surface area contributed by atoms with Gasteiger partial charge in [-0.25, -0.2) is 0 Å². The van der Waals surface area contributed by atoms with E-state index in [1.165, 1.54) is 45.2 Å². The molecule has 2 atom stereocenters. The Bertz CT molecular complexity index is 233. The van der Waals surface area contributed by atoms with Gasteiger partial charge in [-0.2, -0.15) is 0 Å².